The second-order valence-corrected chi connectivity index (χ2v) is 9.24. The minimum absolute atomic E-state index is 0.0890. The predicted octanol–water partition coefficient (Wildman–Crippen LogP) is 3.73. The number of rotatable bonds is 4. The molecular weight excluding hydrogens is 408 g/mol. The highest BCUT2D eigenvalue weighted by Gasteiger charge is 2.30. The van der Waals surface area contributed by atoms with Gasteiger partial charge in [0.05, 0.1) is 4.90 Å². The van der Waals surface area contributed by atoms with Crippen LogP contribution in [0.1, 0.15) is 15.9 Å². The number of carbonyl (C=O) groups excluding carboxylic acids is 1. The molecule has 0 atom stereocenters. The zero-order valence-electron chi connectivity index (χ0n) is 15.8. The number of sulfonamides is 1. The lowest BCUT2D eigenvalue weighted by atomic mass is 10.1. The number of alkyl halides is 1. The van der Waals surface area contributed by atoms with Gasteiger partial charge >= 0.3 is 0 Å². The molecule has 0 saturated carbocycles. The average Bonchev–Trinajstić information content (AvgIpc) is 2.78. The van der Waals surface area contributed by atoms with Crippen molar-refractivity contribution in [2.24, 2.45) is 0 Å². The molecule has 1 saturated heterocycles. The Morgan fingerprint density at radius 1 is 0.862 bits per heavy atom. The number of amides is 1. The highest BCUT2D eigenvalue weighted by atomic mass is 35.5. The monoisotopic (exact) mass is 428 g/mol. The molecule has 0 radical (unpaired) electrons. The standard InChI is InChI=1S/C22H21ClN2O3S/c23-16-17-5-7-19(8-6-17)22(26)24-11-13-25(14-12-24)29(27,28)21-10-9-18-3-1-2-4-20(18)15-21/h1-10,15H,11-14,16H2. The molecule has 1 amide bonds. The number of carbonyl (C=O) groups is 1. The fraction of sp³-hybridized carbons (Fsp3) is 0.227. The second kappa shape index (κ2) is 8.14. The topological polar surface area (TPSA) is 57.7 Å². The van der Waals surface area contributed by atoms with Gasteiger partial charge in [0.25, 0.3) is 5.91 Å². The van der Waals surface area contributed by atoms with Crippen molar-refractivity contribution in [3.05, 3.63) is 77.9 Å². The molecule has 0 spiro atoms. The maximum atomic E-state index is 13.1. The zero-order valence-corrected chi connectivity index (χ0v) is 17.4. The van der Waals surface area contributed by atoms with Crippen molar-refractivity contribution in [1.29, 1.82) is 0 Å². The molecule has 150 valence electrons. The van der Waals surface area contributed by atoms with Gasteiger partial charge in [-0.15, -0.1) is 11.6 Å². The summed E-state index contributed by atoms with van der Waals surface area (Å²) in [4.78, 5) is 14.7. The van der Waals surface area contributed by atoms with E-state index in [0.29, 0.717) is 24.5 Å². The van der Waals surface area contributed by atoms with Gasteiger partial charge in [-0.25, -0.2) is 8.42 Å². The highest BCUT2D eigenvalue weighted by Crippen LogP contribution is 2.23. The highest BCUT2D eigenvalue weighted by molar-refractivity contribution is 7.89. The fourth-order valence-corrected chi connectivity index (χ4v) is 5.16. The Labute approximate surface area is 175 Å². The van der Waals surface area contributed by atoms with E-state index in [4.69, 9.17) is 11.6 Å². The Balaban J connectivity index is 1.46. The Morgan fingerprint density at radius 2 is 1.52 bits per heavy atom. The third-order valence-electron chi connectivity index (χ3n) is 5.24. The second-order valence-electron chi connectivity index (χ2n) is 7.04. The van der Waals surface area contributed by atoms with Crippen LogP contribution in [-0.4, -0.2) is 49.7 Å². The summed E-state index contributed by atoms with van der Waals surface area (Å²) in [5.74, 6) is 0.314. The summed E-state index contributed by atoms with van der Waals surface area (Å²) in [5.41, 5.74) is 1.54. The van der Waals surface area contributed by atoms with Crippen molar-refractivity contribution in [1.82, 2.24) is 9.21 Å². The van der Waals surface area contributed by atoms with E-state index >= 15 is 0 Å². The lowest BCUT2D eigenvalue weighted by Gasteiger charge is -2.34. The number of fused-ring (bicyclic) bond motifs is 1. The van der Waals surface area contributed by atoms with Gasteiger partial charge in [-0.2, -0.15) is 4.31 Å². The fourth-order valence-electron chi connectivity index (χ4n) is 3.53. The van der Waals surface area contributed by atoms with Crippen molar-refractivity contribution in [2.75, 3.05) is 26.2 Å². The van der Waals surface area contributed by atoms with Crippen LogP contribution in [0.5, 0.6) is 0 Å². The summed E-state index contributed by atoms with van der Waals surface area (Å²) in [6.45, 7) is 1.28. The molecule has 1 aliphatic rings. The predicted molar refractivity (Wildman–Crippen MR) is 115 cm³/mol. The van der Waals surface area contributed by atoms with Gasteiger partial charge in [0.2, 0.25) is 10.0 Å². The average molecular weight is 429 g/mol. The van der Waals surface area contributed by atoms with E-state index < -0.39 is 10.0 Å². The van der Waals surface area contributed by atoms with Gasteiger partial charge in [-0.3, -0.25) is 4.79 Å². The summed E-state index contributed by atoms with van der Waals surface area (Å²) in [6.07, 6.45) is 0. The maximum absolute atomic E-state index is 13.1. The van der Waals surface area contributed by atoms with Crippen molar-refractivity contribution in [3.8, 4) is 0 Å². The maximum Gasteiger partial charge on any atom is 0.253 e. The smallest absolute Gasteiger partial charge is 0.253 e. The van der Waals surface area contributed by atoms with Crippen LogP contribution < -0.4 is 0 Å². The molecule has 0 aliphatic carbocycles. The first-order valence-electron chi connectivity index (χ1n) is 9.42. The number of nitrogens with zero attached hydrogens (tertiary/aromatic N) is 2. The van der Waals surface area contributed by atoms with E-state index in [1.54, 1.807) is 29.2 Å². The third-order valence-corrected chi connectivity index (χ3v) is 7.44. The normalized spacial score (nSPS) is 15.6. The largest absolute Gasteiger partial charge is 0.336 e. The molecular formula is C22H21ClN2O3S. The molecule has 0 bridgehead atoms. The molecule has 1 heterocycles. The van der Waals surface area contributed by atoms with E-state index in [9.17, 15) is 13.2 Å². The van der Waals surface area contributed by atoms with E-state index in [0.717, 1.165) is 16.3 Å². The van der Waals surface area contributed by atoms with Crippen molar-refractivity contribution in [2.45, 2.75) is 10.8 Å². The molecule has 3 aromatic rings. The summed E-state index contributed by atoms with van der Waals surface area (Å²) in [6, 6.07) is 20.0. The third kappa shape index (κ3) is 4.01. The lowest BCUT2D eigenvalue weighted by molar-refractivity contribution is 0.0698. The van der Waals surface area contributed by atoms with Crippen LogP contribution in [0.3, 0.4) is 0 Å². The Kier molecular flexibility index (Phi) is 5.58. The van der Waals surface area contributed by atoms with E-state index in [-0.39, 0.29) is 23.9 Å². The number of benzene rings is 3. The van der Waals surface area contributed by atoms with Crippen molar-refractivity contribution < 1.29 is 13.2 Å². The van der Waals surface area contributed by atoms with Crippen molar-refractivity contribution >= 4 is 38.3 Å². The molecule has 1 fully saturated rings. The van der Waals surface area contributed by atoms with E-state index in [1.165, 1.54) is 4.31 Å². The van der Waals surface area contributed by atoms with E-state index in [1.807, 2.05) is 42.5 Å². The first kappa shape index (κ1) is 19.9. The molecule has 7 heteroatoms. The Morgan fingerprint density at radius 3 is 2.17 bits per heavy atom. The van der Waals surface area contributed by atoms with Crippen molar-refractivity contribution in [3.63, 3.8) is 0 Å². The summed E-state index contributed by atoms with van der Waals surface area (Å²) >= 11 is 5.79. The number of halogens is 1. The Hall–Kier alpha value is -2.41. The molecule has 0 aromatic heterocycles. The van der Waals surface area contributed by atoms with Crippen LogP contribution in [-0.2, 0) is 15.9 Å². The molecule has 0 unspecified atom stereocenters. The van der Waals surface area contributed by atoms with Gasteiger partial charge in [0.15, 0.2) is 0 Å². The lowest BCUT2D eigenvalue weighted by Crippen LogP contribution is -2.50. The number of piperazine rings is 1. The van der Waals surface area contributed by atoms with Gasteiger partial charge in [-0.05, 0) is 40.6 Å². The minimum Gasteiger partial charge on any atom is -0.336 e. The first-order valence-corrected chi connectivity index (χ1v) is 11.4. The minimum atomic E-state index is -3.60. The zero-order chi connectivity index (χ0) is 20.4. The van der Waals surface area contributed by atoms with Gasteiger partial charge < -0.3 is 4.90 Å². The van der Waals surface area contributed by atoms with Crippen LogP contribution >= 0.6 is 11.6 Å². The van der Waals surface area contributed by atoms with Gasteiger partial charge in [0, 0.05) is 37.6 Å². The molecule has 5 nitrogen and oxygen atoms in total. The number of hydrogen-bond acceptors (Lipinski definition) is 3. The SMILES string of the molecule is O=C(c1ccc(CCl)cc1)N1CCN(S(=O)(=O)c2ccc3ccccc3c2)CC1. The quantitative estimate of drug-likeness (QED) is 0.595. The summed E-state index contributed by atoms with van der Waals surface area (Å²) < 4.78 is 27.6. The first-order chi connectivity index (χ1) is 14.0. The van der Waals surface area contributed by atoms with Crippen LogP contribution in [0.15, 0.2) is 71.6 Å². The summed E-state index contributed by atoms with van der Waals surface area (Å²) in [5, 5.41) is 1.89. The summed E-state index contributed by atoms with van der Waals surface area (Å²) in [7, 11) is -3.60. The molecule has 4 rings (SSSR count). The van der Waals surface area contributed by atoms with Crippen LogP contribution in [0.25, 0.3) is 10.8 Å². The molecule has 29 heavy (non-hydrogen) atoms. The van der Waals surface area contributed by atoms with Crippen LogP contribution in [0, 0.1) is 0 Å². The Bertz CT molecular complexity index is 1140. The van der Waals surface area contributed by atoms with Crippen LogP contribution in [0.4, 0.5) is 0 Å². The van der Waals surface area contributed by atoms with Gasteiger partial charge in [0.1, 0.15) is 0 Å². The molecule has 1 aliphatic heterocycles. The van der Waals surface area contributed by atoms with Crippen LogP contribution in [0.2, 0.25) is 0 Å². The van der Waals surface area contributed by atoms with E-state index in [2.05, 4.69) is 0 Å². The number of hydrogen-bond donors (Lipinski definition) is 0. The van der Waals surface area contributed by atoms with Gasteiger partial charge in [-0.1, -0.05) is 42.5 Å². The molecule has 0 N–H and O–H groups in total. The molecule has 3 aromatic carbocycles.